The van der Waals surface area contributed by atoms with Crippen molar-refractivity contribution in [1.82, 2.24) is 5.32 Å². The summed E-state index contributed by atoms with van der Waals surface area (Å²) in [5.74, 6) is 0.0926. The third-order valence-corrected chi connectivity index (χ3v) is 2.54. The molecule has 0 bridgehead atoms. The maximum Gasteiger partial charge on any atom is 0.220 e. The number of ether oxygens (including phenoxy) is 2. The van der Waals surface area contributed by atoms with Crippen LogP contribution in [0.1, 0.15) is 32.6 Å². The molecule has 0 spiro atoms. The second-order valence-electron chi connectivity index (χ2n) is 4.10. The normalized spacial score (nSPS) is 22.7. The van der Waals surface area contributed by atoms with E-state index in [4.69, 9.17) is 9.47 Å². The van der Waals surface area contributed by atoms with Crippen LogP contribution in [-0.2, 0) is 14.3 Å². The van der Waals surface area contributed by atoms with E-state index in [1.54, 1.807) is 7.11 Å². The fourth-order valence-electron chi connectivity index (χ4n) is 1.80. The number of rotatable bonds is 6. The molecule has 0 radical (unpaired) electrons. The summed E-state index contributed by atoms with van der Waals surface area (Å²) in [6.45, 7) is 3.35. The summed E-state index contributed by atoms with van der Waals surface area (Å²) >= 11 is 0. The summed E-state index contributed by atoms with van der Waals surface area (Å²) in [6, 6.07) is 0.0898. The lowest BCUT2D eigenvalue weighted by Gasteiger charge is -2.13. The highest BCUT2D eigenvalue weighted by atomic mass is 16.5. The molecule has 1 N–H and O–H groups in total. The lowest BCUT2D eigenvalue weighted by molar-refractivity contribution is -0.122. The molecule has 0 aromatic heterocycles. The quantitative estimate of drug-likeness (QED) is 0.721. The Morgan fingerprint density at radius 3 is 3.07 bits per heavy atom. The highest BCUT2D eigenvalue weighted by Crippen LogP contribution is 2.16. The first-order valence-corrected chi connectivity index (χ1v) is 5.62. The van der Waals surface area contributed by atoms with E-state index in [0.717, 1.165) is 25.9 Å². The fraction of sp³-hybridized carbons (Fsp3) is 0.909. The van der Waals surface area contributed by atoms with Crippen molar-refractivity contribution in [2.24, 2.45) is 0 Å². The van der Waals surface area contributed by atoms with Gasteiger partial charge in [-0.05, 0) is 26.2 Å². The van der Waals surface area contributed by atoms with Gasteiger partial charge in [0.2, 0.25) is 5.91 Å². The Kier molecular flexibility index (Phi) is 5.65. The van der Waals surface area contributed by atoms with E-state index < -0.39 is 0 Å². The summed E-state index contributed by atoms with van der Waals surface area (Å²) in [7, 11) is 1.63. The zero-order valence-corrected chi connectivity index (χ0v) is 9.62. The van der Waals surface area contributed by atoms with Gasteiger partial charge < -0.3 is 14.8 Å². The minimum Gasteiger partial charge on any atom is -0.383 e. The summed E-state index contributed by atoms with van der Waals surface area (Å²) in [5.41, 5.74) is 0. The van der Waals surface area contributed by atoms with Gasteiger partial charge in [0.25, 0.3) is 0 Å². The monoisotopic (exact) mass is 215 g/mol. The standard InChI is InChI=1S/C11H21NO3/c1-9(8-14-2)12-11(13)6-5-10-4-3-7-15-10/h9-10H,3-8H2,1-2H3,(H,12,13)/t9-,10-/m0/s1. The Balaban J connectivity index is 2.07. The number of nitrogens with one attached hydrogen (secondary N) is 1. The van der Waals surface area contributed by atoms with Gasteiger partial charge >= 0.3 is 0 Å². The smallest absolute Gasteiger partial charge is 0.220 e. The lowest BCUT2D eigenvalue weighted by Crippen LogP contribution is -2.35. The van der Waals surface area contributed by atoms with Gasteiger partial charge in [-0.25, -0.2) is 0 Å². The second-order valence-corrected chi connectivity index (χ2v) is 4.10. The second kappa shape index (κ2) is 6.80. The van der Waals surface area contributed by atoms with Crippen molar-refractivity contribution in [3.05, 3.63) is 0 Å². The van der Waals surface area contributed by atoms with E-state index in [1.807, 2.05) is 6.92 Å². The predicted molar refractivity (Wildman–Crippen MR) is 57.7 cm³/mol. The molecule has 1 aliphatic rings. The predicted octanol–water partition coefficient (Wildman–Crippen LogP) is 1.10. The maximum absolute atomic E-state index is 11.5. The van der Waals surface area contributed by atoms with Gasteiger partial charge in [0, 0.05) is 26.2 Å². The van der Waals surface area contributed by atoms with Gasteiger partial charge in [-0.15, -0.1) is 0 Å². The lowest BCUT2D eigenvalue weighted by atomic mass is 10.1. The number of methoxy groups -OCH3 is 1. The molecule has 1 amide bonds. The maximum atomic E-state index is 11.5. The number of hydrogen-bond acceptors (Lipinski definition) is 3. The molecule has 0 aliphatic carbocycles. The van der Waals surface area contributed by atoms with Crippen molar-refractivity contribution in [3.63, 3.8) is 0 Å². The van der Waals surface area contributed by atoms with Crippen LogP contribution >= 0.6 is 0 Å². The Morgan fingerprint density at radius 2 is 2.47 bits per heavy atom. The van der Waals surface area contributed by atoms with Crippen molar-refractivity contribution >= 4 is 5.91 Å². The first-order valence-electron chi connectivity index (χ1n) is 5.62. The van der Waals surface area contributed by atoms with E-state index in [1.165, 1.54) is 0 Å². The van der Waals surface area contributed by atoms with E-state index in [9.17, 15) is 4.79 Å². The van der Waals surface area contributed by atoms with Crippen LogP contribution in [-0.4, -0.2) is 38.4 Å². The van der Waals surface area contributed by atoms with Crippen LogP contribution in [0.25, 0.3) is 0 Å². The third kappa shape index (κ3) is 5.14. The van der Waals surface area contributed by atoms with Crippen LogP contribution in [0.5, 0.6) is 0 Å². The molecule has 1 rings (SSSR count). The SMILES string of the molecule is COC[C@H](C)NC(=O)CC[C@@H]1CCCO1. The van der Waals surface area contributed by atoms with Gasteiger partial charge in [-0.2, -0.15) is 0 Å². The highest BCUT2D eigenvalue weighted by molar-refractivity contribution is 5.76. The molecule has 4 heteroatoms. The number of hydrogen-bond donors (Lipinski definition) is 1. The van der Waals surface area contributed by atoms with E-state index in [0.29, 0.717) is 19.1 Å². The number of carbonyl (C=O) groups excluding carboxylic acids is 1. The molecule has 1 saturated heterocycles. The third-order valence-electron chi connectivity index (χ3n) is 2.54. The first kappa shape index (κ1) is 12.5. The molecule has 0 aromatic rings. The van der Waals surface area contributed by atoms with E-state index in [-0.39, 0.29) is 11.9 Å². The molecule has 88 valence electrons. The molecule has 1 heterocycles. The topological polar surface area (TPSA) is 47.6 Å². The molecule has 4 nitrogen and oxygen atoms in total. The Hall–Kier alpha value is -0.610. The average molecular weight is 215 g/mol. The molecular formula is C11H21NO3. The first-order chi connectivity index (χ1) is 7.22. The van der Waals surface area contributed by atoms with Gasteiger partial charge in [0.05, 0.1) is 12.7 Å². The number of amides is 1. The van der Waals surface area contributed by atoms with Gasteiger partial charge in [-0.3, -0.25) is 4.79 Å². The van der Waals surface area contributed by atoms with Crippen LogP contribution in [0.4, 0.5) is 0 Å². The largest absolute Gasteiger partial charge is 0.383 e. The molecule has 2 atom stereocenters. The Labute approximate surface area is 91.3 Å². The molecule has 1 fully saturated rings. The Morgan fingerprint density at radius 1 is 1.67 bits per heavy atom. The van der Waals surface area contributed by atoms with E-state index >= 15 is 0 Å². The van der Waals surface area contributed by atoms with Gasteiger partial charge in [0.15, 0.2) is 0 Å². The number of carbonyl (C=O) groups is 1. The van der Waals surface area contributed by atoms with Crippen LogP contribution in [0.15, 0.2) is 0 Å². The summed E-state index contributed by atoms with van der Waals surface area (Å²) in [5, 5.41) is 2.89. The molecule has 0 aromatic carbocycles. The molecule has 0 unspecified atom stereocenters. The van der Waals surface area contributed by atoms with Crippen LogP contribution in [0.2, 0.25) is 0 Å². The minimum absolute atomic E-state index is 0.0898. The van der Waals surface area contributed by atoms with Crippen LogP contribution in [0, 0.1) is 0 Å². The van der Waals surface area contributed by atoms with Gasteiger partial charge in [-0.1, -0.05) is 0 Å². The summed E-state index contributed by atoms with van der Waals surface area (Å²) in [6.07, 6.45) is 3.92. The van der Waals surface area contributed by atoms with Crippen molar-refractivity contribution < 1.29 is 14.3 Å². The van der Waals surface area contributed by atoms with Crippen molar-refractivity contribution in [3.8, 4) is 0 Å². The molecule has 15 heavy (non-hydrogen) atoms. The molecule has 1 aliphatic heterocycles. The van der Waals surface area contributed by atoms with Crippen molar-refractivity contribution in [2.75, 3.05) is 20.3 Å². The van der Waals surface area contributed by atoms with Crippen molar-refractivity contribution in [2.45, 2.75) is 44.8 Å². The molecular weight excluding hydrogens is 194 g/mol. The molecule has 0 saturated carbocycles. The van der Waals surface area contributed by atoms with Gasteiger partial charge in [0.1, 0.15) is 0 Å². The van der Waals surface area contributed by atoms with E-state index in [2.05, 4.69) is 5.32 Å². The minimum atomic E-state index is 0.0898. The fourth-order valence-corrected chi connectivity index (χ4v) is 1.80. The summed E-state index contributed by atoms with van der Waals surface area (Å²) in [4.78, 5) is 11.5. The zero-order valence-electron chi connectivity index (χ0n) is 9.62. The van der Waals surface area contributed by atoms with Crippen LogP contribution in [0.3, 0.4) is 0 Å². The zero-order chi connectivity index (χ0) is 11.1. The average Bonchev–Trinajstić information content (AvgIpc) is 2.67. The Bertz CT molecular complexity index is 190. The highest BCUT2D eigenvalue weighted by Gasteiger charge is 2.17. The van der Waals surface area contributed by atoms with Crippen molar-refractivity contribution in [1.29, 1.82) is 0 Å². The van der Waals surface area contributed by atoms with Crippen LogP contribution < -0.4 is 5.32 Å². The summed E-state index contributed by atoms with van der Waals surface area (Å²) < 4.78 is 10.4.